The molecule has 2 heterocycles. The van der Waals surface area contributed by atoms with E-state index in [0.29, 0.717) is 21.0 Å². The summed E-state index contributed by atoms with van der Waals surface area (Å²) in [5.41, 5.74) is 6.51. The fourth-order valence-corrected chi connectivity index (χ4v) is 3.23. The van der Waals surface area contributed by atoms with Gasteiger partial charge in [-0.25, -0.2) is 0 Å². The normalized spacial score (nSPS) is 11.6. The van der Waals surface area contributed by atoms with E-state index in [-0.39, 0.29) is 0 Å². The van der Waals surface area contributed by atoms with Crippen molar-refractivity contribution in [1.29, 1.82) is 0 Å². The third-order valence-corrected chi connectivity index (χ3v) is 3.56. The van der Waals surface area contributed by atoms with Crippen LogP contribution in [0.3, 0.4) is 0 Å². The highest BCUT2D eigenvalue weighted by molar-refractivity contribution is 7.23. The molecule has 2 aromatic heterocycles. The number of hydrogen-bond acceptors (Lipinski definition) is 4. The fraction of sp³-hybridized carbons (Fsp3) is 0. The molecule has 0 aliphatic heterocycles. The summed E-state index contributed by atoms with van der Waals surface area (Å²) in [5.74, 6) is 0.334. The Morgan fingerprint density at radius 3 is 2.87 bits per heavy atom. The highest BCUT2D eigenvalue weighted by atomic mass is 35.5. The number of thiazole rings is 1. The van der Waals surface area contributed by atoms with E-state index in [1.54, 1.807) is 10.5 Å². The highest BCUT2D eigenvalue weighted by Gasteiger charge is 2.13. The van der Waals surface area contributed by atoms with Crippen LogP contribution in [0, 0.1) is 0 Å². The van der Waals surface area contributed by atoms with Gasteiger partial charge < -0.3 is 5.73 Å². The van der Waals surface area contributed by atoms with Crippen LogP contribution in [0.2, 0.25) is 10.0 Å². The molecule has 2 N–H and O–H groups in total. The van der Waals surface area contributed by atoms with Crippen LogP contribution in [0.1, 0.15) is 0 Å². The van der Waals surface area contributed by atoms with Gasteiger partial charge in [-0.2, -0.15) is 0 Å². The van der Waals surface area contributed by atoms with Crippen molar-refractivity contribution in [3.63, 3.8) is 0 Å². The summed E-state index contributed by atoms with van der Waals surface area (Å²) in [5, 5.41) is 8.86. The Kier molecular flexibility index (Phi) is 1.83. The molecule has 0 spiro atoms. The van der Waals surface area contributed by atoms with Crippen LogP contribution in [0.15, 0.2) is 12.1 Å². The molecule has 76 valence electrons. The quantitative estimate of drug-likeness (QED) is 0.675. The standard InChI is InChI=1S/C8H4Cl2N4S/c9-3-1-4(10)6-5(2-3)15-8-13-12-7(11)14(6)8/h1-2H,(H2,11,12). The first-order chi connectivity index (χ1) is 7.16. The first kappa shape index (κ1) is 9.21. The highest BCUT2D eigenvalue weighted by Crippen LogP contribution is 2.34. The molecule has 0 fully saturated rings. The second kappa shape index (κ2) is 2.98. The summed E-state index contributed by atoms with van der Waals surface area (Å²) in [6.07, 6.45) is 0. The lowest BCUT2D eigenvalue weighted by Crippen LogP contribution is -1.92. The zero-order valence-electron chi connectivity index (χ0n) is 7.24. The Morgan fingerprint density at radius 2 is 2.07 bits per heavy atom. The summed E-state index contributed by atoms with van der Waals surface area (Å²) in [7, 11) is 0. The van der Waals surface area contributed by atoms with Crippen LogP contribution in [-0.2, 0) is 0 Å². The Bertz CT molecular complexity index is 672. The van der Waals surface area contributed by atoms with Gasteiger partial charge in [0.15, 0.2) is 0 Å². The molecular weight excluding hydrogens is 255 g/mol. The average molecular weight is 259 g/mol. The second-order valence-electron chi connectivity index (χ2n) is 3.01. The molecule has 0 radical (unpaired) electrons. The van der Waals surface area contributed by atoms with E-state index in [2.05, 4.69) is 10.2 Å². The number of fused-ring (bicyclic) bond motifs is 3. The van der Waals surface area contributed by atoms with Gasteiger partial charge in [0.05, 0.1) is 15.2 Å². The van der Waals surface area contributed by atoms with Crippen molar-refractivity contribution in [3.8, 4) is 0 Å². The summed E-state index contributed by atoms with van der Waals surface area (Å²) in [6.45, 7) is 0. The Morgan fingerprint density at radius 1 is 1.27 bits per heavy atom. The predicted octanol–water partition coefficient (Wildman–Crippen LogP) is 2.83. The number of nitrogens with two attached hydrogens (primary N) is 1. The number of aromatic nitrogens is 3. The van der Waals surface area contributed by atoms with Crippen LogP contribution in [0.4, 0.5) is 5.95 Å². The SMILES string of the molecule is Nc1nnc2sc3cc(Cl)cc(Cl)c3n12. The second-order valence-corrected chi connectivity index (χ2v) is 4.87. The van der Waals surface area contributed by atoms with Gasteiger partial charge in [-0.3, -0.25) is 4.40 Å². The lowest BCUT2D eigenvalue weighted by atomic mass is 10.3. The number of halogens is 2. The van der Waals surface area contributed by atoms with Crippen LogP contribution in [0.25, 0.3) is 15.2 Å². The number of rotatable bonds is 0. The molecule has 0 atom stereocenters. The number of nitrogens with zero attached hydrogens (tertiary/aromatic N) is 3. The molecule has 0 aliphatic carbocycles. The lowest BCUT2D eigenvalue weighted by molar-refractivity contribution is 1.12. The Labute approximate surface area is 98.2 Å². The average Bonchev–Trinajstić information content (AvgIpc) is 2.66. The van der Waals surface area contributed by atoms with E-state index in [1.165, 1.54) is 11.3 Å². The van der Waals surface area contributed by atoms with Gasteiger partial charge in [0.1, 0.15) is 0 Å². The molecule has 0 aliphatic rings. The fourth-order valence-electron chi connectivity index (χ4n) is 1.49. The molecule has 0 unspecified atom stereocenters. The van der Waals surface area contributed by atoms with Crippen LogP contribution < -0.4 is 5.73 Å². The minimum absolute atomic E-state index is 0.334. The Hall–Kier alpha value is -1.04. The molecule has 0 bridgehead atoms. The maximum absolute atomic E-state index is 6.10. The van der Waals surface area contributed by atoms with Crippen LogP contribution in [-0.4, -0.2) is 14.6 Å². The van der Waals surface area contributed by atoms with Crippen LogP contribution in [0.5, 0.6) is 0 Å². The molecular formula is C8H4Cl2N4S. The molecule has 3 rings (SSSR count). The van der Waals surface area contributed by atoms with Crippen molar-refractivity contribution in [2.75, 3.05) is 5.73 Å². The van der Waals surface area contributed by atoms with Gasteiger partial charge in [-0.15, -0.1) is 10.2 Å². The largest absolute Gasteiger partial charge is 0.368 e. The monoisotopic (exact) mass is 258 g/mol. The van der Waals surface area contributed by atoms with Gasteiger partial charge in [-0.1, -0.05) is 34.5 Å². The van der Waals surface area contributed by atoms with E-state index >= 15 is 0 Å². The molecule has 1 aromatic carbocycles. The number of benzene rings is 1. The van der Waals surface area contributed by atoms with Gasteiger partial charge in [-0.05, 0) is 12.1 Å². The van der Waals surface area contributed by atoms with E-state index in [1.807, 2.05) is 6.07 Å². The predicted molar refractivity (Wildman–Crippen MR) is 62.8 cm³/mol. The molecule has 0 saturated carbocycles. The topological polar surface area (TPSA) is 56.2 Å². The summed E-state index contributed by atoms with van der Waals surface area (Å²) in [6, 6.07) is 3.51. The van der Waals surface area contributed by atoms with E-state index in [4.69, 9.17) is 28.9 Å². The Balaban J connectivity index is 2.63. The van der Waals surface area contributed by atoms with Crippen molar-refractivity contribution in [1.82, 2.24) is 14.6 Å². The smallest absolute Gasteiger partial charge is 0.227 e. The number of anilines is 1. The zero-order chi connectivity index (χ0) is 10.6. The van der Waals surface area contributed by atoms with E-state index < -0.39 is 0 Å². The van der Waals surface area contributed by atoms with Crippen molar-refractivity contribution >= 4 is 55.7 Å². The summed E-state index contributed by atoms with van der Waals surface area (Å²) < 4.78 is 2.67. The molecule has 15 heavy (non-hydrogen) atoms. The maximum atomic E-state index is 6.10. The molecule has 7 heteroatoms. The minimum atomic E-state index is 0.334. The first-order valence-electron chi connectivity index (χ1n) is 4.05. The minimum Gasteiger partial charge on any atom is -0.368 e. The van der Waals surface area contributed by atoms with Gasteiger partial charge in [0, 0.05) is 5.02 Å². The van der Waals surface area contributed by atoms with Gasteiger partial charge >= 0.3 is 0 Å². The van der Waals surface area contributed by atoms with E-state index in [9.17, 15) is 0 Å². The summed E-state index contributed by atoms with van der Waals surface area (Å²) >= 11 is 13.5. The first-order valence-corrected chi connectivity index (χ1v) is 5.62. The van der Waals surface area contributed by atoms with Crippen molar-refractivity contribution in [3.05, 3.63) is 22.2 Å². The maximum Gasteiger partial charge on any atom is 0.227 e. The van der Waals surface area contributed by atoms with Gasteiger partial charge in [0.2, 0.25) is 10.9 Å². The molecule has 3 aromatic rings. The zero-order valence-corrected chi connectivity index (χ0v) is 9.57. The third kappa shape index (κ3) is 1.20. The molecule has 0 saturated heterocycles. The van der Waals surface area contributed by atoms with Crippen molar-refractivity contribution in [2.45, 2.75) is 0 Å². The summed E-state index contributed by atoms with van der Waals surface area (Å²) in [4.78, 5) is 0.715. The van der Waals surface area contributed by atoms with Crippen molar-refractivity contribution in [2.24, 2.45) is 0 Å². The number of nitrogen functional groups attached to an aromatic ring is 1. The molecule has 0 amide bonds. The molecule has 4 nitrogen and oxygen atoms in total. The van der Waals surface area contributed by atoms with Crippen molar-refractivity contribution < 1.29 is 0 Å². The van der Waals surface area contributed by atoms with Gasteiger partial charge in [0.25, 0.3) is 0 Å². The third-order valence-electron chi connectivity index (χ3n) is 2.08. The number of hydrogen-bond donors (Lipinski definition) is 1. The lowest BCUT2D eigenvalue weighted by Gasteiger charge is -1.97. The van der Waals surface area contributed by atoms with E-state index in [0.717, 1.165) is 10.2 Å². The van der Waals surface area contributed by atoms with Crippen LogP contribution >= 0.6 is 34.5 Å².